The van der Waals surface area contributed by atoms with Gasteiger partial charge in [-0.1, -0.05) is 24.3 Å². The van der Waals surface area contributed by atoms with Gasteiger partial charge >= 0.3 is 0 Å². The maximum absolute atomic E-state index is 13.4. The Bertz CT molecular complexity index is 1460. The maximum atomic E-state index is 13.4. The molecule has 0 aliphatic heterocycles. The van der Waals surface area contributed by atoms with Crippen molar-refractivity contribution in [2.45, 2.75) is 46.1 Å². The molecule has 0 fully saturated rings. The van der Waals surface area contributed by atoms with Gasteiger partial charge in [0.1, 0.15) is 5.75 Å². The van der Waals surface area contributed by atoms with Crippen molar-refractivity contribution in [3.05, 3.63) is 92.5 Å². The lowest BCUT2D eigenvalue weighted by atomic mass is 9.91. The molecule has 0 atom stereocenters. The van der Waals surface area contributed by atoms with E-state index < -0.39 is 0 Å². The molecule has 1 amide bonds. The van der Waals surface area contributed by atoms with Crippen LogP contribution in [0.3, 0.4) is 0 Å². The van der Waals surface area contributed by atoms with Gasteiger partial charge in [0.25, 0.3) is 11.5 Å². The average molecular weight is 456 g/mol. The topological polar surface area (TPSA) is 76.1 Å². The van der Waals surface area contributed by atoms with Crippen LogP contribution < -0.4 is 15.6 Å². The molecule has 2 aromatic heterocycles. The largest absolute Gasteiger partial charge is 0.496 e. The van der Waals surface area contributed by atoms with Crippen LogP contribution in [0.5, 0.6) is 5.75 Å². The van der Waals surface area contributed by atoms with E-state index in [0.29, 0.717) is 22.6 Å². The predicted molar refractivity (Wildman–Crippen MR) is 134 cm³/mol. The Labute approximate surface area is 198 Å². The Kier molecular flexibility index (Phi) is 5.74. The van der Waals surface area contributed by atoms with Gasteiger partial charge in [-0.25, -0.2) is 0 Å². The van der Waals surface area contributed by atoms with Gasteiger partial charge in [-0.2, -0.15) is 0 Å². The molecule has 6 nitrogen and oxygen atoms in total. The van der Waals surface area contributed by atoms with Gasteiger partial charge in [0, 0.05) is 22.5 Å². The van der Waals surface area contributed by atoms with E-state index in [1.54, 1.807) is 13.0 Å². The lowest BCUT2D eigenvalue weighted by molar-refractivity contribution is 0.0951. The maximum Gasteiger partial charge on any atom is 0.256 e. The number of carbonyl (C=O) groups is 1. The molecule has 34 heavy (non-hydrogen) atoms. The molecule has 2 aromatic carbocycles. The predicted octanol–water partition coefficient (Wildman–Crippen LogP) is 4.75. The van der Waals surface area contributed by atoms with E-state index in [-0.39, 0.29) is 18.0 Å². The van der Waals surface area contributed by atoms with Crippen LogP contribution >= 0.6 is 0 Å². The summed E-state index contributed by atoms with van der Waals surface area (Å²) in [6, 6.07) is 16.4. The van der Waals surface area contributed by atoms with Crippen molar-refractivity contribution in [3.63, 3.8) is 0 Å². The summed E-state index contributed by atoms with van der Waals surface area (Å²) in [5.74, 6) is 0.252. The number of pyridine rings is 1. The molecule has 6 heteroatoms. The number of methoxy groups -OCH3 is 1. The summed E-state index contributed by atoms with van der Waals surface area (Å²) in [6.45, 7) is 3.86. The molecular formula is C28H29N3O3. The molecule has 0 spiro atoms. The summed E-state index contributed by atoms with van der Waals surface area (Å²) in [6.07, 6.45) is 4.70. The van der Waals surface area contributed by atoms with Crippen LogP contribution in [0.25, 0.3) is 16.6 Å². The van der Waals surface area contributed by atoms with Crippen LogP contribution in [-0.4, -0.2) is 22.6 Å². The van der Waals surface area contributed by atoms with Gasteiger partial charge in [0.05, 0.1) is 30.3 Å². The summed E-state index contributed by atoms with van der Waals surface area (Å²) in [4.78, 5) is 28.7. The standard InChI is InChI=1S/C28H29N3O3/c1-17-14-25(34-3)23(27(32)30-17)16-29-28(33)26-18(2)31(24-11-7-6-10-22(24)26)21-13-12-19-8-4-5-9-20(19)15-21/h6-7,10-15H,4-5,8-9,16H2,1-3H3,(H,29,33)(H,30,32). The van der Waals surface area contributed by atoms with E-state index in [1.807, 2.05) is 31.2 Å². The molecule has 0 bridgehead atoms. The fourth-order valence-electron chi connectivity index (χ4n) is 5.14. The Balaban J connectivity index is 1.54. The van der Waals surface area contributed by atoms with Crippen LogP contribution in [0.4, 0.5) is 0 Å². The Morgan fingerprint density at radius 2 is 1.82 bits per heavy atom. The number of amides is 1. The fraction of sp³-hybridized carbons (Fsp3) is 0.286. The molecule has 1 aliphatic carbocycles. The fourth-order valence-corrected chi connectivity index (χ4v) is 5.14. The second-order valence-corrected chi connectivity index (χ2v) is 8.98. The number of ether oxygens (including phenoxy) is 1. The number of nitrogens with zero attached hydrogens (tertiary/aromatic N) is 1. The highest BCUT2D eigenvalue weighted by Gasteiger charge is 2.22. The number of para-hydroxylation sites is 1. The quantitative estimate of drug-likeness (QED) is 0.456. The minimum absolute atomic E-state index is 0.0788. The first kappa shape index (κ1) is 22.0. The van der Waals surface area contributed by atoms with Crippen molar-refractivity contribution in [1.29, 1.82) is 0 Å². The van der Waals surface area contributed by atoms with Gasteiger partial charge in [-0.15, -0.1) is 0 Å². The number of rotatable bonds is 5. The van der Waals surface area contributed by atoms with Crippen LogP contribution in [0.1, 0.15) is 51.3 Å². The van der Waals surface area contributed by atoms with Gasteiger partial charge in [-0.3, -0.25) is 9.59 Å². The highest BCUT2D eigenvalue weighted by Crippen LogP contribution is 2.31. The summed E-state index contributed by atoms with van der Waals surface area (Å²) >= 11 is 0. The minimum atomic E-state index is -0.259. The molecular weight excluding hydrogens is 426 g/mol. The molecule has 0 saturated heterocycles. The first-order valence-corrected chi connectivity index (χ1v) is 11.7. The van der Waals surface area contributed by atoms with Crippen LogP contribution in [0.15, 0.2) is 53.3 Å². The Morgan fingerprint density at radius 3 is 2.62 bits per heavy atom. The number of hydrogen-bond acceptors (Lipinski definition) is 3. The van der Waals surface area contributed by atoms with E-state index in [4.69, 9.17) is 4.74 Å². The van der Waals surface area contributed by atoms with E-state index in [2.05, 4.69) is 33.1 Å². The third-order valence-corrected chi connectivity index (χ3v) is 6.80. The zero-order chi connectivity index (χ0) is 23.8. The summed E-state index contributed by atoms with van der Waals surface area (Å²) in [5.41, 5.74) is 7.24. The highest BCUT2D eigenvalue weighted by molar-refractivity contribution is 6.09. The van der Waals surface area contributed by atoms with E-state index in [9.17, 15) is 9.59 Å². The lowest BCUT2D eigenvalue weighted by Crippen LogP contribution is -2.28. The number of carbonyl (C=O) groups excluding carboxylic acids is 1. The van der Waals surface area contributed by atoms with Gasteiger partial charge in [-0.05, 0) is 74.9 Å². The Hall–Kier alpha value is -3.80. The minimum Gasteiger partial charge on any atom is -0.496 e. The number of nitrogens with one attached hydrogen (secondary N) is 2. The van der Waals surface area contributed by atoms with Crippen molar-refractivity contribution in [3.8, 4) is 11.4 Å². The molecule has 0 saturated carbocycles. The van der Waals surface area contributed by atoms with Crippen LogP contribution in [0, 0.1) is 13.8 Å². The summed E-state index contributed by atoms with van der Waals surface area (Å²) < 4.78 is 7.54. The summed E-state index contributed by atoms with van der Waals surface area (Å²) in [5, 5.41) is 3.83. The molecule has 0 unspecified atom stereocenters. The zero-order valence-electron chi connectivity index (χ0n) is 19.8. The number of H-pyrrole nitrogens is 1. The number of fused-ring (bicyclic) bond motifs is 2. The van der Waals surface area contributed by atoms with E-state index >= 15 is 0 Å². The molecule has 2 heterocycles. The molecule has 174 valence electrons. The first-order chi connectivity index (χ1) is 16.5. The summed E-state index contributed by atoms with van der Waals surface area (Å²) in [7, 11) is 1.52. The van der Waals surface area contributed by atoms with Crippen molar-refractivity contribution >= 4 is 16.8 Å². The second kappa shape index (κ2) is 8.86. The number of aryl methyl sites for hydroxylation is 3. The van der Waals surface area contributed by atoms with Crippen LogP contribution in [0.2, 0.25) is 0 Å². The molecule has 4 aromatic rings. The third kappa shape index (κ3) is 3.79. The monoisotopic (exact) mass is 455 g/mol. The second-order valence-electron chi connectivity index (χ2n) is 8.98. The van der Waals surface area contributed by atoms with Crippen LogP contribution in [-0.2, 0) is 19.4 Å². The number of aromatic amines is 1. The molecule has 2 N–H and O–H groups in total. The number of aromatic nitrogens is 2. The van der Waals surface area contributed by atoms with Gasteiger partial charge < -0.3 is 19.6 Å². The van der Waals surface area contributed by atoms with E-state index in [1.165, 1.54) is 31.1 Å². The molecule has 0 radical (unpaired) electrons. The van der Waals surface area contributed by atoms with Gasteiger partial charge in [0.2, 0.25) is 0 Å². The van der Waals surface area contributed by atoms with Crippen molar-refractivity contribution in [1.82, 2.24) is 14.9 Å². The number of hydrogen-bond donors (Lipinski definition) is 2. The zero-order valence-corrected chi connectivity index (χ0v) is 19.8. The first-order valence-electron chi connectivity index (χ1n) is 11.7. The molecule has 5 rings (SSSR count). The third-order valence-electron chi connectivity index (χ3n) is 6.80. The smallest absolute Gasteiger partial charge is 0.256 e. The van der Waals surface area contributed by atoms with Crippen molar-refractivity contribution in [2.24, 2.45) is 0 Å². The average Bonchev–Trinajstić information content (AvgIpc) is 3.14. The SMILES string of the molecule is COc1cc(C)[nH]c(=O)c1CNC(=O)c1c(C)n(-c2ccc3c(c2)CCCC3)c2ccccc12. The highest BCUT2D eigenvalue weighted by atomic mass is 16.5. The lowest BCUT2D eigenvalue weighted by Gasteiger charge is -2.18. The molecule has 1 aliphatic rings. The van der Waals surface area contributed by atoms with Crippen molar-refractivity contribution in [2.75, 3.05) is 7.11 Å². The Morgan fingerprint density at radius 1 is 1.06 bits per heavy atom. The van der Waals surface area contributed by atoms with Gasteiger partial charge in [0.15, 0.2) is 0 Å². The normalized spacial score (nSPS) is 13.0. The van der Waals surface area contributed by atoms with Crippen molar-refractivity contribution < 1.29 is 9.53 Å². The number of benzene rings is 2. The van der Waals surface area contributed by atoms with E-state index in [0.717, 1.165) is 35.1 Å².